The standard InChI is InChI=1S/C7H9NO3/c1-2-10-11-6(9)7(5-8)3-4-7/h2-4H2,1H3. The molecule has 60 valence electrons. The highest BCUT2D eigenvalue weighted by molar-refractivity contribution is 5.82. The van der Waals surface area contributed by atoms with E-state index >= 15 is 0 Å². The zero-order valence-electron chi connectivity index (χ0n) is 6.29. The van der Waals surface area contributed by atoms with Gasteiger partial charge in [-0.1, -0.05) is 0 Å². The van der Waals surface area contributed by atoms with Crippen molar-refractivity contribution in [3.05, 3.63) is 0 Å². The first-order valence-corrected chi connectivity index (χ1v) is 3.50. The molecule has 0 unspecified atom stereocenters. The second kappa shape index (κ2) is 2.89. The van der Waals surface area contributed by atoms with E-state index in [2.05, 4.69) is 9.78 Å². The van der Waals surface area contributed by atoms with Crippen LogP contribution < -0.4 is 0 Å². The van der Waals surface area contributed by atoms with E-state index in [4.69, 9.17) is 5.26 Å². The minimum atomic E-state index is -0.880. The first kappa shape index (κ1) is 8.02. The number of rotatable bonds is 3. The maximum Gasteiger partial charge on any atom is 0.362 e. The summed E-state index contributed by atoms with van der Waals surface area (Å²) in [6.45, 7) is 2.02. The monoisotopic (exact) mass is 155 g/mol. The van der Waals surface area contributed by atoms with Crippen molar-refractivity contribution in [1.82, 2.24) is 0 Å². The Morgan fingerprint density at radius 3 is 2.73 bits per heavy atom. The summed E-state index contributed by atoms with van der Waals surface area (Å²) in [5.41, 5.74) is -0.880. The van der Waals surface area contributed by atoms with Crippen LogP contribution >= 0.6 is 0 Å². The van der Waals surface area contributed by atoms with Gasteiger partial charge in [0, 0.05) is 0 Å². The normalized spacial score (nSPS) is 18.5. The van der Waals surface area contributed by atoms with Crippen molar-refractivity contribution in [3.8, 4) is 6.07 Å². The van der Waals surface area contributed by atoms with Gasteiger partial charge in [0.05, 0.1) is 12.7 Å². The topological polar surface area (TPSA) is 59.3 Å². The first-order valence-electron chi connectivity index (χ1n) is 3.50. The number of hydrogen-bond acceptors (Lipinski definition) is 4. The fourth-order valence-electron chi connectivity index (χ4n) is 0.679. The molecule has 0 radical (unpaired) electrons. The molecular formula is C7H9NO3. The molecule has 0 spiro atoms. The summed E-state index contributed by atoms with van der Waals surface area (Å²) in [7, 11) is 0. The predicted octanol–water partition coefficient (Wildman–Crippen LogP) is 0.785. The molecule has 1 fully saturated rings. The molecule has 1 rings (SSSR count). The molecule has 0 heterocycles. The highest BCUT2D eigenvalue weighted by Crippen LogP contribution is 2.45. The third-order valence-electron chi connectivity index (χ3n) is 1.61. The van der Waals surface area contributed by atoms with Crippen LogP contribution in [0.4, 0.5) is 0 Å². The van der Waals surface area contributed by atoms with Gasteiger partial charge in [-0.2, -0.15) is 10.1 Å². The van der Waals surface area contributed by atoms with E-state index in [1.165, 1.54) is 0 Å². The lowest BCUT2D eigenvalue weighted by atomic mass is 10.1. The van der Waals surface area contributed by atoms with Crippen molar-refractivity contribution in [3.63, 3.8) is 0 Å². The fourth-order valence-corrected chi connectivity index (χ4v) is 0.679. The van der Waals surface area contributed by atoms with Gasteiger partial charge in [-0.25, -0.2) is 4.79 Å². The van der Waals surface area contributed by atoms with Crippen molar-refractivity contribution >= 4 is 5.97 Å². The summed E-state index contributed by atoms with van der Waals surface area (Å²) in [5.74, 6) is -0.554. The Kier molecular flexibility index (Phi) is 2.11. The van der Waals surface area contributed by atoms with Gasteiger partial charge >= 0.3 is 5.97 Å². The molecule has 4 heteroatoms. The minimum Gasteiger partial charge on any atom is -0.297 e. The zero-order valence-corrected chi connectivity index (χ0v) is 6.29. The Bertz CT molecular complexity index is 202. The van der Waals surface area contributed by atoms with Gasteiger partial charge < -0.3 is 0 Å². The number of nitriles is 1. The molecule has 0 aliphatic heterocycles. The van der Waals surface area contributed by atoms with Crippen molar-refractivity contribution in [1.29, 1.82) is 5.26 Å². The average molecular weight is 155 g/mol. The van der Waals surface area contributed by atoms with E-state index in [0.29, 0.717) is 19.4 Å². The summed E-state index contributed by atoms with van der Waals surface area (Å²) in [6.07, 6.45) is 1.19. The molecule has 1 aliphatic rings. The molecule has 0 saturated heterocycles. The number of nitrogens with zero attached hydrogens (tertiary/aromatic N) is 1. The molecule has 0 N–H and O–H groups in total. The van der Waals surface area contributed by atoms with Crippen LogP contribution in [-0.4, -0.2) is 12.6 Å². The first-order chi connectivity index (χ1) is 5.25. The summed E-state index contributed by atoms with van der Waals surface area (Å²) >= 11 is 0. The molecule has 0 amide bonds. The molecule has 11 heavy (non-hydrogen) atoms. The van der Waals surface area contributed by atoms with Crippen LogP contribution in [0, 0.1) is 16.7 Å². The second-order valence-corrected chi connectivity index (χ2v) is 2.47. The van der Waals surface area contributed by atoms with Gasteiger partial charge in [-0.15, -0.1) is 0 Å². The summed E-state index contributed by atoms with van der Waals surface area (Å²) < 4.78 is 0. The second-order valence-electron chi connectivity index (χ2n) is 2.47. The smallest absolute Gasteiger partial charge is 0.297 e. The predicted molar refractivity (Wildman–Crippen MR) is 35.0 cm³/mol. The van der Waals surface area contributed by atoms with Gasteiger partial charge in [-0.05, 0) is 19.8 Å². The third-order valence-corrected chi connectivity index (χ3v) is 1.61. The molecule has 4 nitrogen and oxygen atoms in total. The lowest BCUT2D eigenvalue weighted by Crippen LogP contribution is -2.17. The van der Waals surface area contributed by atoms with Crippen LogP contribution in [0.15, 0.2) is 0 Å². The fraction of sp³-hybridized carbons (Fsp3) is 0.714. The van der Waals surface area contributed by atoms with Gasteiger partial charge in [0.15, 0.2) is 5.41 Å². The van der Waals surface area contributed by atoms with Crippen LogP contribution in [0.5, 0.6) is 0 Å². The minimum absolute atomic E-state index is 0.313. The number of hydrogen-bond donors (Lipinski definition) is 0. The zero-order chi connectivity index (χ0) is 8.32. The van der Waals surface area contributed by atoms with Gasteiger partial charge in [0.1, 0.15) is 0 Å². The van der Waals surface area contributed by atoms with Crippen molar-refractivity contribution in [2.75, 3.05) is 6.61 Å². The Morgan fingerprint density at radius 1 is 1.73 bits per heavy atom. The Labute approximate surface area is 64.6 Å². The third kappa shape index (κ3) is 1.49. The van der Waals surface area contributed by atoms with E-state index in [1.54, 1.807) is 6.92 Å². The van der Waals surface area contributed by atoms with Crippen LogP contribution in [0.1, 0.15) is 19.8 Å². The molecule has 0 aromatic carbocycles. The Morgan fingerprint density at radius 2 is 2.36 bits per heavy atom. The van der Waals surface area contributed by atoms with E-state index in [0.717, 1.165) is 0 Å². The molecule has 1 aliphatic carbocycles. The number of carbonyl (C=O) groups is 1. The lowest BCUT2D eigenvalue weighted by molar-refractivity contribution is -0.273. The highest BCUT2D eigenvalue weighted by Gasteiger charge is 2.53. The molecule has 0 aromatic heterocycles. The Hall–Kier alpha value is -1.08. The quantitative estimate of drug-likeness (QED) is 0.446. The maximum atomic E-state index is 10.9. The van der Waals surface area contributed by atoms with Crippen molar-refractivity contribution < 1.29 is 14.6 Å². The lowest BCUT2D eigenvalue weighted by Gasteiger charge is -2.02. The molecule has 0 aromatic rings. The van der Waals surface area contributed by atoms with Crippen molar-refractivity contribution in [2.45, 2.75) is 19.8 Å². The van der Waals surface area contributed by atoms with Crippen LogP contribution in [-0.2, 0) is 14.6 Å². The van der Waals surface area contributed by atoms with E-state index in [1.807, 2.05) is 6.07 Å². The largest absolute Gasteiger partial charge is 0.362 e. The molecule has 1 saturated carbocycles. The summed E-state index contributed by atoms with van der Waals surface area (Å²) in [5, 5.41) is 8.52. The van der Waals surface area contributed by atoms with Crippen LogP contribution in [0.2, 0.25) is 0 Å². The van der Waals surface area contributed by atoms with Gasteiger partial charge in [0.2, 0.25) is 0 Å². The van der Waals surface area contributed by atoms with Crippen molar-refractivity contribution in [2.24, 2.45) is 5.41 Å². The maximum absolute atomic E-state index is 10.9. The van der Waals surface area contributed by atoms with Gasteiger partial charge in [-0.3, -0.25) is 4.89 Å². The van der Waals surface area contributed by atoms with E-state index in [-0.39, 0.29) is 0 Å². The van der Waals surface area contributed by atoms with E-state index in [9.17, 15) is 4.79 Å². The Balaban J connectivity index is 2.37. The average Bonchev–Trinajstić information content (AvgIpc) is 2.80. The number of carbonyl (C=O) groups excluding carboxylic acids is 1. The van der Waals surface area contributed by atoms with Crippen LogP contribution in [0.3, 0.4) is 0 Å². The van der Waals surface area contributed by atoms with Gasteiger partial charge in [0.25, 0.3) is 0 Å². The van der Waals surface area contributed by atoms with Crippen LogP contribution in [0.25, 0.3) is 0 Å². The SMILES string of the molecule is CCOOC(=O)C1(C#N)CC1. The molecule has 0 atom stereocenters. The summed E-state index contributed by atoms with van der Waals surface area (Å²) in [4.78, 5) is 19.7. The highest BCUT2D eigenvalue weighted by atomic mass is 17.2. The molecule has 0 bridgehead atoms. The molecular weight excluding hydrogens is 146 g/mol. The van der Waals surface area contributed by atoms with E-state index < -0.39 is 11.4 Å². The summed E-state index contributed by atoms with van der Waals surface area (Å²) in [6, 6.07) is 1.91.